The molecular formula is C27H31N3O6. The van der Waals surface area contributed by atoms with Crippen LogP contribution < -0.4 is 10.6 Å². The molecule has 1 heterocycles. The molecule has 3 rings (SSSR count). The highest BCUT2D eigenvalue weighted by Crippen LogP contribution is 2.27. The van der Waals surface area contributed by atoms with Crippen molar-refractivity contribution >= 4 is 35.3 Å². The van der Waals surface area contributed by atoms with Crippen LogP contribution in [0, 0.1) is 11.8 Å². The Hall–Kier alpha value is -4.01. The summed E-state index contributed by atoms with van der Waals surface area (Å²) in [5.74, 6) is -2.74. The van der Waals surface area contributed by atoms with Gasteiger partial charge in [-0.3, -0.25) is 24.1 Å². The van der Waals surface area contributed by atoms with Gasteiger partial charge in [-0.2, -0.15) is 0 Å². The van der Waals surface area contributed by atoms with E-state index in [-0.39, 0.29) is 46.5 Å². The first-order chi connectivity index (χ1) is 17.1. The van der Waals surface area contributed by atoms with E-state index in [0.717, 1.165) is 4.90 Å². The van der Waals surface area contributed by atoms with E-state index in [1.807, 2.05) is 27.7 Å². The Morgan fingerprint density at radius 3 is 2.03 bits per heavy atom. The lowest BCUT2D eigenvalue weighted by Gasteiger charge is -2.25. The lowest BCUT2D eigenvalue weighted by molar-refractivity contribution is -0.151. The number of hydrogen-bond acceptors (Lipinski definition) is 6. The zero-order valence-corrected chi connectivity index (χ0v) is 20.9. The maximum atomic E-state index is 13.0. The molecule has 4 amide bonds. The third kappa shape index (κ3) is 6.16. The lowest BCUT2D eigenvalue weighted by Crippen LogP contribution is -2.46. The van der Waals surface area contributed by atoms with E-state index in [1.165, 1.54) is 12.1 Å². The van der Waals surface area contributed by atoms with E-state index in [0.29, 0.717) is 6.54 Å². The number of carbonyl (C=O) groups is 5. The Morgan fingerprint density at radius 2 is 1.44 bits per heavy atom. The fourth-order valence-electron chi connectivity index (χ4n) is 3.85. The molecule has 1 unspecified atom stereocenters. The largest absolute Gasteiger partial charge is 0.454 e. The molecule has 0 aliphatic carbocycles. The molecule has 2 N–H and O–H groups in total. The highest BCUT2D eigenvalue weighted by molar-refractivity contribution is 6.22. The maximum absolute atomic E-state index is 13.0. The first-order valence-electron chi connectivity index (χ1n) is 11.9. The number of fused-ring (bicyclic) bond motifs is 1. The van der Waals surface area contributed by atoms with Gasteiger partial charge in [-0.15, -0.1) is 0 Å². The molecule has 36 heavy (non-hydrogen) atoms. The van der Waals surface area contributed by atoms with Crippen LogP contribution in [-0.2, 0) is 14.3 Å². The van der Waals surface area contributed by atoms with Crippen LogP contribution in [0.1, 0.15) is 65.2 Å². The summed E-state index contributed by atoms with van der Waals surface area (Å²) >= 11 is 0. The Balaban J connectivity index is 1.68. The molecule has 0 spiro atoms. The summed E-state index contributed by atoms with van der Waals surface area (Å²) in [7, 11) is 0. The molecule has 0 aromatic heterocycles. The quantitative estimate of drug-likeness (QED) is 0.387. The lowest BCUT2D eigenvalue weighted by atomic mass is 10.0. The van der Waals surface area contributed by atoms with E-state index < -0.39 is 36.3 Å². The second kappa shape index (κ2) is 11.6. The van der Waals surface area contributed by atoms with E-state index >= 15 is 0 Å². The van der Waals surface area contributed by atoms with Crippen molar-refractivity contribution in [2.24, 2.45) is 11.8 Å². The molecule has 190 valence electrons. The first-order valence-corrected chi connectivity index (χ1v) is 11.9. The minimum absolute atomic E-state index is 0.0306. The van der Waals surface area contributed by atoms with Crippen molar-refractivity contribution in [1.29, 1.82) is 0 Å². The van der Waals surface area contributed by atoms with Crippen molar-refractivity contribution in [3.63, 3.8) is 0 Å². The number of imide groups is 1. The Bertz CT molecular complexity index is 1140. The number of esters is 1. The molecule has 0 bridgehead atoms. The summed E-state index contributed by atoms with van der Waals surface area (Å²) in [5, 5.41) is 5.39. The van der Waals surface area contributed by atoms with Crippen LogP contribution in [0.5, 0.6) is 0 Å². The van der Waals surface area contributed by atoms with Crippen molar-refractivity contribution < 1.29 is 28.7 Å². The molecule has 0 radical (unpaired) electrons. The predicted molar refractivity (Wildman–Crippen MR) is 133 cm³/mol. The van der Waals surface area contributed by atoms with Crippen molar-refractivity contribution in [3.8, 4) is 0 Å². The van der Waals surface area contributed by atoms with Crippen LogP contribution in [0.4, 0.5) is 5.69 Å². The number of rotatable bonds is 10. The van der Waals surface area contributed by atoms with Crippen LogP contribution in [0.25, 0.3) is 0 Å². The molecule has 1 aliphatic heterocycles. The van der Waals surface area contributed by atoms with Gasteiger partial charge in [0, 0.05) is 6.54 Å². The number of benzene rings is 2. The highest BCUT2D eigenvalue weighted by Gasteiger charge is 2.43. The van der Waals surface area contributed by atoms with Crippen molar-refractivity contribution in [3.05, 3.63) is 65.2 Å². The second-order valence-electron chi connectivity index (χ2n) is 9.48. The molecule has 1 atom stereocenters. The van der Waals surface area contributed by atoms with Gasteiger partial charge in [-0.1, -0.05) is 52.0 Å². The first kappa shape index (κ1) is 26.6. The van der Waals surface area contributed by atoms with E-state index in [9.17, 15) is 24.0 Å². The third-order valence-electron chi connectivity index (χ3n) is 5.57. The summed E-state index contributed by atoms with van der Waals surface area (Å²) in [4.78, 5) is 64.7. The minimum Gasteiger partial charge on any atom is -0.454 e. The van der Waals surface area contributed by atoms with Crippen LogP contribution in [0.2, 0.25) is 0 Å². The summed E-state index contributed by atoms with van der Waals surface area (Å²) in [6, 6.07) is 11.7. The SMILES string of the molecule is CC(C)CNC(=O)c1ccccc1NC(=O)COC(=O)C(CC(C)C)N1C(=O)c2ccccc2C1=O. The summed E-state index contributed by atoms with van der Waals surface area (Å²) < 4.78 is 5.23. The normalized spacial score (nSPS) is 13.6. The van der Waals surface area contributed by atoms with Crippen molar-refractivity contribution in [2.75, 3.05) is 18.5 Å². The van der Waals surface area contributed by atoms with Gasteiger partial charge in [0.15, 0.2) is 6.61 Å². The van der Waals surface area contributed by atoms with Crippen LogP contribution in [0.3, 0.4) is 0 Å². The zero-order valence-electron chi connectivity index (χ0n) is 20.9. The summed E-state index contributed by atoms with van der Waals surface area (Å²) in [6.07, 6.45) is 0.185. The number of anilines is 1. The Kier molecular flexibility index (Phi) is 8.58. The molecule has 1 aliphatic rings. The molecule has 0 saturated carbocycles. The number of amides is 4. The van der Waals surface area contributed by atoms with Gasteiger partial charge in [0.1, 0.15) is 6.04 Å². The van der Waals surface area contributed by atoms with E-state index in [1.54, 1.807) is 36.4 Å². The van der Waals surface area contributed by atoms with Crippen LogP contribution >= 0.6 is 0 Å². The number of hydrogen-bond donors (Lipinski definition) is 2. The van der Waals surface area contributed by atoms with Crippen LogP contribution in [0.15, 0.2) is 48.5 Å². The molecule has 9 heteroatoms. The predicted octanol–water partition coefficient (Wildman–Crippen LogP) is 3.27. The van der Waals surface area contributed by atoms with Crippen LogP contribution in [-0.4, -0.2) is 53.7 Å². The molecule has 2 aromatic carbocycles. The van der Waals surface area contributed by atoms with E-state index in [4.69, 9.17) is 4.74 Å². The Labute approximate surface area is 210 Å². The molecule has 2 aromatic rings. The van der Waals surface area contributed by atoms with Gasteiger partial charge in [0.25, 0.3) is 23.6 Å². The molecule has 9 nitrogen and oxygen atoms in total. The fourth-order valence-corrected chi connectivity index (χ4v) is 3.85. The van der Waals surface area contributed by atoms with Gasteiger partial charge in [0.2, 0.25) is 0 Å². The molecular weight excluding hydrogens is 462 g/mol. The average molecular weight is 494 g/mol. The van der Waals surface area contributed by atoms with Gasteiger partial charge in [0.05, 0.1) is 22.4 Å². The maximum Gasteiger partial charge on any atom is 0.329 e. The number of nitrogens with one attached hydrogen (secondary N) is 2. The monoisotopic (exact) mass is 493 g/mol. The van der Waals surface area contributed by atoms with Crippen molar-refractivity contribution in [2.45, 2.75) is 40.2 Å². The average Bonchev–Trinajstić information content (AvgIpc) is 3.09. The summed E-state index contributed by atoms with van der Waals surface area (Å²) in [5.41, 5.74) is 1.02. The van der Waals surface area contributed by atoms with Gasteiger partial charge < -0.3 is 15.4 Å². The number of para-hydroxylation sites is 1. The molecule has 0 fully saturated rings. The second-order valence-corrected chi connectivity index (χ2v) is 9.48. The van der Waals surface area contributed by atoms with Gasteiger partial charge in [-0.25, -0.2) is 4.79 Å². The standard InChI is InChI=1S/C27H31N3O6/c1-16(2)13-22(30-25(33)18-9-5-6-10-19(18)26(30)34)27(35)36-15-23(31)29-21-12-8-7-11-20(21)24(32)28-14-17(3)4/h5-12,16-17,22H,13-15H2,1-4H3,(H,28,32)(H,29,31). The van der Waals surface area contributed by atoms with Gasteiger partial charge >= 0.3 is 5.97 Å². The fraction of sp³-hybridized carbons (Fsp3) is 0.370. The Morgan fingerprint density at radius 1 is 0.861 bits per heavy atom. The smallest absolute Gasteiger partial charge is 0.329 e. The third-order valence-corrected chi connectivity index (χ3v) is 5.57. The molecule has 0 saturated heterocycles. The van der Waals surface area contributed by atoms with E-state index in [2.05, 4.69) is 10.6 Å². The minimum atomic E-state index is -1.17. The number of ether oxygens (including phenoxy) is 1. The number of nitrogens with zero attached hydrogens (tertiary/aromatic N) is 1. The summed E-state index contributed by atoms with van der Waals surface area (Å²) in [6.45, 7) is 7.48. The zero-order chi connectivity index (χ0) is 26.4. The topological polar surface area (TPSA) is 122 Å². The highest BCUT2D eigenvalue weighted by atomic mass is 16.5. The number of carbonyl (C=O) groups excluding carboxylic acids is 5. The van der Waals surface area contributed by atoms with Crippen molar-refractivity contribution in [1.82, 2.24) is 10.2 Å². The van der Waals surface area contributed by atoms with Gasteiger partial charge in [-0.05, 0) is 42.5 Å².